The first kappa shape index (κ1) is 12.0. The van der Waals surface area contributed by atoms with Gasteiger partial charge in [0.25, 0.3) is 0 Å². The molecule has 0 aliphatic heterocycles. The molecule has 16 heavy (non-hydrogen) atoms. The third kappa shape index (κ3) is 2.28. The Morgan fingerprint density at radius 2 is 2.19 bits per heavy atom. The van der Waals surface area contributed by atoms with E-state index in [0.717, 1.165) is 6.26 Å². The van der Waals surface area contributed by atoms with E-state index in [2.05, 4.69) is 11.3 Å². The molecule has 1 aromatic rings. The Morgan fingerprint density at radius 1 is 1.50 bits per heavy atom. The molecule has 1 rings (SSSR count). The molecule has 1 aromatic carbocycles. The second kappa shape index (κ2) is 5.11. The normalized spacial score (nSPS) is 9.56. The third-order valence-electron chi connectivity index (χ3n) is 2.16. The molecule has 1 N–H and O–H groups in total. The molecule has 0 atom stereocenters. The van der Waals surface area contributed by atoms with Gasteiger partial charge in [-0.3, -0.25) is 0 Å². The van der Waals surface area contributed by atoms with Crippen LogP contribution >= 0.6 is 0 Å². The van der Waals surface area contributed by atoms with Gasteiger partial charge in [-0.1, -0.05) is 25.6 Å². The predicted octanol–water partition coefficient (Wildman–Crippen LogP) is 2.25. The number of carboxylic acid groups (broad SMARTS) is 1. The van der Waals surface area contributed by atoms with Crippen molar-refractivity contribution < 1.29 is 19.4 Å². The van der Waals surface area contributed by atoms with Crippen LogP contribution in [0.25, 0.3) is 0 Å². The van der Waals surface area contributed by atoms with Gasteiger partial charge in [-0.25, -0.2) is 9.59 Å². The molecular weight excluding hydrogens is 208 g/mol. The number of carboxylic acids is 1. The lowest BCUT2D eigenvalue weighted by Crippen LogP contribution is -2.12. The van der Waals surface area contributed by atoms with Crippen LogP contribution < -0.4 is 0 Å². The van der Waals surface area contributed by atoms with E-state index in [1.54, 1.807) is 12.1 Å². The van der Waals surface area contributed by atoms with Crippen molar-refractivity contribution in [3.05, 3.63) is 47.7 Å². The van der Waals surface area contributed by atoms with E-state index in [-0.39, 0.29) is 11.1 Å². The van der Waals surface area contributed by atoms with Gasteiger partial charge in [0.05, 0.1) is 17.4 Å². The Hall–Kier alpha value is -2.10. The molecule has 0 fully saturated rings. The van der Waals surface area contributed by atoms with E-state index in [0.29, 0.717) is 12.0 Å². The number of carbonyl (C=O) groups is 2. The largest absolute Gasteiger partial charge is 0.478 e. The highest BCUT2D eigenvalue weighted by Crippen LogP contribution is 2.17. The number of esters is 1. The van der Waals surface area contributed by atoms with Crippen molar-refractivity contribution >= 4 is 11.9 Å². The zero-order valence-electron chi connectivity index (χ0n) is 8.90. The van der Waals surface area contributed by atoms with Gasteiger partial charge < -0.3 is 9.84 Å². The Bertz CT molecular complexity index is 435. The molecule has 0 aliphatic rings. The molecule has 0 aliphatic carbocycles. The Labute approximate surface area is 93.2 Å². The monoisotopic (exact) mass is 220 g/mol. The van der Waals surface area contributed by atoms with Gasteiger partial charge in [-0.05, 0) is 18.1 Å². The lowest BCUT2D eigenvalue weighted by atomic mass is 9.99. The van der Waals surface area contributed by atoms with E-state index in [9.17, 15) is 9.59 Å². The number of benzene rings is 1. The molecule has 4 heteroatoms. The van der Waals surface area contributed by atoms with Crippen molar-refractivity contribution in [2.24, 2.45) is 0 Å². The van der Waals surface area contributed by atoms with Crippen LogP contribution in [0.2, 0.25) is 0 Å². The number of aromatic carboxylic acids is 1. The summed E-state index contributed by atoms with van der Waals surface area (Å²) in [6, 6.07) is 4.73. The molecule has 0 radical (unpaired) electrons. The highest BCUT2D eigenvalue weighted by atomic mass is 16.5. The van der Waals surface area contributed by atoms with Crippen LogP contribution in [0.4, 0.5) is 0 Å². The maximum absolute atomic E-state index is 11.5. The van der Waals surface area contributed by atoms with Gasteiger partial charge in [0, 0.05) is 0 Å². The van der Waals surface area contributed by atoms with Crippen molar-refractivity contribution in [3.8, 4) is 0 Å². The standard InChI is InChI=1S/C12H12O4/c1-3-8-6-5-7-9(10(8)11(13)14)12(15)16-4-2/h4-7H,2-3H2,1H3,(H,13,14). The molecule has 0 aromatic heterocycles. The number of rotatable bonds is 4. The van der Waals surface area contributed by atoms with Crippen LogP contribution in [0.3, 0.4) is 0 Å². The van der Waals surface area contributed by atoms with Crippen LogP contribution in [-0.4, -0.2) is 17.0 Å². The molecule has 0 saturated carbocycles. The van der Waals surface area contributed by atoms with Gasteiger partial charge in [0.15, 0.2) is 0 Å². The highest BCUT2D eigenvalue weighted by molar-refractivity contribution is 6.03. The van der Waals surface area contributed by atoms with Gasteiger partial charge in [-0.2, -0.15) is 0 Å². The highest BCUT2D eigenvalue weighted by Gasteiger charge is 2.19. The second-order valence-corrected chi connectivity index (χ2v) is 3.07. The summed E-state index contributed by atoms with van der Waals surface area (Å²) in [7, 11) is 0. The minimum atomic E-state index is -1.13. The summed E-state index contributed by atoms with van der Waals surface area (Å²) in [4.78, 5) is 22.6. The average molecular weight is 220 g/mol. The summed E-state index contributed by atoms with van der Waals surface area (Å²) in [6.45, 7) is 5.08. The van der Waals surface area contributed by atoms with E-state index in [1.165, 1.54) is 6.07 Å². The number of aryl methyl sites for hydroxylation is 1. The summed E-state index contributed by atoms with van der Waals surface area (Å²) in [5.74, 6) is -1.84. The molecule has 0 bridgehead atoms. The molecule has 0 spiro atoms. The Morgan fingerprint density at radius 3 is 2.69 bits per heavy atom. The Balaban J connectivity index is 3.32. The van der Waals surface area contributed by atoms with Crippen molar-refractivity contribution in [2.45, 2.75) is 13.3 Å². The molecule has 84 valence electrons. The van der Waals surface area contributed by atoms with E-state index >= 15 is 0 Å². The number of carbonyl (C=O) groups excluding carboxylic acids is 1. The van der Waals surface area contributed by atoms with Gasteiger partial charge in [0.1, 0.15) is 0 Å². The van der Waals surface area contributed by atoms with Crippen LogP contribution in [-0.2, 0) is 11.2 Å². The average Bonchev–Trinajstić information content (AvgIpc) is 2.28. The first-order chi connectivity index (χ1) is 7.61. The van der Waals surface area contributed by atoms with Crippen molar-refractivity contribution in [1.82, 2.24) is 0 Å². The summed E-state index contributed by atoms with van der Waals surface area (Å²) in [5.41, 5.74) is 0.648. The maximum atomic E-state index is 11.5. The second-order valence-electron chi connectivity index (χ2n) is 3.07. The summed E-state index contributed by atoms with van der Waals surface area (Å²) in [5, 5.41) is 9.06. The zero-order chi connectivity index (χ0) is 12.1. The summed E-state index contributed by atoms with van der Waals surface area (Å²) in [6.07, 6.45) is 1.52. The van der Waals surface area contributed by atoms with Crippen molar-refractivity contribution in [2.75, 3.05) is 0 Å². The first-order valence-electron chi connectivity index (χ1n) is 4.78. The lowest BCUT2D eigenvalue weighted by Gasteiger charge is -2.08. The molecular formula is C12H12O4. The molecule has 0 amide bonds. The minimum Gasteiger partial charge on any atom is -0.478 e. The van der Waals surface area contributed by atoms with Gasteiger partial charge in [-0.15, -0.1) is 0 Å². The summed E-state index contributed by atoms with van der Waals surface area (Å²) < 4.78 is 4.58. The topological polar surface area (TPSA) is 63.6 Å². The van der Waals surface area contributed by atoms with E-state index in [4.69, 9.17) is 5.11 Å². The van der Waals surface area contributed by atoms with Gasteiger partial charge >= 0.3 is 11.9 Å². The smallest absolute Gasteiger partial charge is 0.343 e. The fraction of sp³-hybridized carbons (Fsp3) is 0.167. The van der Waals surface area contributed by atoms with E-state index < -0.39 is 11.9 Å². The maximum Gasteiger partial charge on any atom is 0.343 e. The predicted molar refractivity (Wildman–Crippen MR) is 58.4 cm³/mol. The fourth-order valence-corrected chi connectivity index (χ4v) is 1.46. The van der Waals surface area contributed by atoms with Crippen LogP contribution in [0.1, 0.15) is 33.2 Å². The van der Waals surface area contributed by atoms with Crippen LogP contribution in [0.5, 0.6) is 0 Å². The van der Waals surface area contributed by atoms with Crippen molar-refractivity contribution in [1.29, 1.82) is 0 Å². The third-order valence-corrected chi connectivity index (χ3v) is 2.16. The zero-order valence-corrected chi connectivity index (χ0v) is 8.90. The number of ether oxygens (including phenoxy) is 1. The van der Waals surface area contributed by atoms with Gasteiger partial charge in [0.2, 0.25) is 0 Å². The van der Waals surface area contributed by atoms with Crippen LogP contribution in [0, 0.1) is 0 Å². The van der Waals surface area contributed by atoms with Crippen LogP contribution in [0.15, 0.2) is 31.0 Å². The quantitative estimate of drug-likeness (QED) is 0.624. The fourth-order valence-electron chi connectivity index (χ4n) is 1.46. The Kier molecular flexibility index (Phi) is 3.83. The van der Waals surface area contributed by atoms with Crippen molar-refractivity contribution in [3.63, 3.8) is 0 Å². The number of hydrogen-bond acceptors (Lipinski definition) is 3. The minimum absolute atomic E-state index is 0.00292. The lowest BCUT2D eigenvalue weighted by molar-refractivity contribution is 0.0632. The molecule has 0 heterocycles. The summed E-state index contributed by atoms with van der Waals surface area (Å²) >= 11 is 0. The van der Waals surface area contributed by atoms with E-state index in [1.807, 2.05) is 6.92 Å². The number of hydrogen-bond donors (Lipinski definition) is 1. The molecule has 0 saturated heterocycles. The first-order valence-corrected chi connectivity index (χ1v) is 4.78. The molecule has 4 nitrogen and oxygen atoms in total. The molecule has 0 unspecified atom stereocenters. The SMILES string of the molecule is C=COC(=O)c1cccc(CC)c1C(=O)O.